The first-order chi connectivity index (χ1) is 31.0. The van der Waals surface area contributed by atoms with Crippen molar-refractivity contribution in [3.05, 3.63) is 151 Å². The number of hydrogen-bond acceptors (Lipinski definition) is 13. The second kappa shape index (κ2) is 22.0. The average Bonchev–Trinajstić information content (AvgIpc) is 3.87. The molecule has 8 rings (SSSR count). The molecule has 2 aromatic carbocycles. The number of halogens is 2. The lowest BCUT2D eigenvalue weighted by molar-refractivity contribution is 0.0693. The van der Waals surface area contributed by atoms with Crippen molar-refractivity contribution in [2.75, 3.05) is 25.7 Å². The van der Waals surface area contributed by atoms with Gasteiger partial charge in [-0.3, -0.25) is 24.1 Å². The third-order valence-electron chi connectivity index (χ3n) is 10.2. The SMILES string of the molecule is C.COc1nn(Cc2ccc3ncc(Cl)cc3c2)cc1C(=O)NCc1c(C)cc(N)nc1C.COc1nn(Cc2ccc3ncc(Cl)cc3c2)cc1C(=O)O.Cc1cc(N)nc(C)c1CN. The molecule has 8 aromatic rings. The lowest BCUT2D eigenvalue weighted by atomic mass is 10.1. The number of aromatic carboxylic acids is 1. The number of hydrogen-bond donors (Lipinski definition) is 5. The van der Waals surface area contributed by atoms with Gasteiger partial charge in [0.1, 0.15) is 22.8 Å². The van der Waals surface area contributed by atoms with Gasteiger partial charge >= 0.3 is 5.97 Å². The Morgan fingerprint density at radius 1 is 0.697 bits per heavy atom. The lowest BCUT2D eigenvalue weighted by Crippen LogP contribution is -2.24. The first kappa shape index (κ1) is 49.7. The highest BCUT2D eigenvalue weighted by molar-refractivity contribution is 6.31. The van der Waals surface area contributed by atoms with Crippen LogP contribution in [0.25, 0.3) is 21.8 Å². The molecule has 0 aliphatic rings. The summed E-state index contributed by atoms with van der Waals surface area (Å²) in [6, 6.07) is 19.0. The van der Waals surface area contributed by atoms with E-state index in [-0.39, 0.29) is 30.7 Å². The summed E-state index contributed by atoms with van der Waals surface area (Å²) in [5.41, 5.74) is 26.7. The van der Waals surface area contributed by atoms with Crippen LogP contribution in [0.4, 0.5) is 11.6 Å². The Labute approximate surface area is 391 Å². The number of methoxy groups -OCH3 is 2. The second-order valence-corrected chi connectivity index (χ2v) is 15.8. The van der Waals surface area contributed by atoms with E-state index < -0.39 is 5.97 Å². The van der Waals surface area contributed by atoms with Crippen molar-refractivity contribution in [3.8, 4) is 11.8 Å². The molecule has 19 heteroatoms. The fourth-order valence-corrected chi connectivity index (χ4v) is 7.40. The van der Waals surface area contributed by atoms with Crippen molar-refractivity contribution in [1.82, 2.24) is 44.8 Å². The number of rotatable bonds is 11. The molecule has 0 unspecified atom stereocenters. The molecule has 1 amide bonds. The minimum Gasteiger partial charge on any atom is -0.479 e. The monoisotopic (exact) mass is 934 g/mol. The number of nitrogens with zero attached hydrogens (tertiary/aromatic N) is 8. The minimum absolute atomic E-state index is 0. The van der Waals surface area contributed by atoms with E-state index in [1.807, 2.05) is 82.3 Å². The zero-order chi connectivity index (χ0) is 46.9. The van der Waals surface area contributed by atoms with E-state index in [1.165, 1.54) is 25.1 Å². The summed E-state index contributed by atoms with van der Waals surface area (Å²) in [5, 5.41) is 23.5. The van der Waals surface area contributed by atoms with Crippen LogP contribution in [0.3, 0.4) is 0 Å². The molecule has 0 atom stereocenters. The summed E-state index contributed by atoms with van der Waals surface area (Å²) in [6.07, 6.45) is 6.34. The molecule has 0 aliphatic heterocycles. The number of carboxylic acids is 1. The average molecular weight is 936 g/mol. The zero-order valence-corrected chi connectivity index (χ0v) is 38.1. The highest BCUT2D eigenvalue weighted by Crippen LogP contribution is 2.23. The fraction of sp³-hybridized carbons (Fsp3) is 0.234. The maximum Gasteiger partial charge on any atom is 0.342 e. The zero-order valence-electron chi connectivity index (χ0n) is 36.6. The van der Waals surface area contributed by atoms with Crippen LogP contribution in [0.15, 0.2) is 85.5 Å². The van der Waals surface area contributed by atoms with Crippen LogP contribution in [0.1, 0.15) is 72.9 Å². The van der Waals surface area contributed by atoms with Crippen LogP contribution in [0, 0.1) is 27.7 Å². The number of nitrogens with one attached hydrogen (secondary N) is 1. The Kier molecular flexibility index (Phi) is 16.6. The molecule has 8 N–H and O–H groups in total. The van der Waals surface area contributed by atoms with Crippen molar-refractivity contribution < 1.29 is 24.2 Å². The Balaban J connectivity index is 0.000000207. The summed E-state index contributed by atoms with van der Waals surface area (Å²) in [6.45, 7) is 9.48. The highest BCUT2D eigenvalue weighted by Gasteiger charge is 2.19. The van der Waals surface area contributed by atoms with E-state index in [2.05, 4.69) is 35.5 Å². The number of ether oxygens (including phenoxy) is 2. The predicted octanol–water partition coefficient (Wildman–Crippen LogP) is 7.88. The smallest absolute Gasteiger partial charge is 0.342 e. The number of carbonyl (C=O) groups excluding carboxylic acids is 1. The van der Waals surface area contributed by atoms with Gasteiger partial charge in [-0.1, -0.05) is 42.8 Å². The molecule has 0 spiro atoms. The van der Waals surface area contributed by atoms with E-state index in [0.717, 1.165) is 66.6 Å². The van der Waals surface area contributed by atoms with E-state index in [4.69, 9.17) is 55.0 Å². The fourth-order valence-electron chi connectivity index (χ4n) is 7.07. The van der Waals surface area contributed by atoms with Gasteiger partial charge in [-0.25, -0.2) is 14.8 Å². The summed E-state index contributed by atoms with van der Waals surface area (Å²) < 4.78 is 13.5. The first-order valence-corrected chi connectivity index (χ1v) is 20.8. The van der Waals surface area contributed by atoms with Gasteiger partial charge in [-0.05, 0) is 110 Å². The van der Waals surface area contributed by atoms with Crippen molar-refractivity contribution >= 4 is 68.5 Å². The number of amides is 1. The maximum atomic E-state index is 12.9. The van der Waals surface area contributed by atoms with Crippen molar-refractivity contribution in [3.63, 3.8) is 0 Å². The topological polar surface area (TPSA) is 250 Å². The van der Waals surface area contributed by atoms with Gasteiger partial charge in [0.25, 0.3) is 5.91 Å². The van der Waals surface area contributed by atoms with Crippen LogP contribution in [0.5, 0.6) is 11.8 Å². The van der Waals surface area contributed by atoms with Crippen LogP contribution in [-0.2, 0) is 26.2 Å². The third-order valence-corrected chi connectivity index (χ3v) is 10.6. The first-order valence-electron chi connectivity index (χ1n) is 20.0. The van der Waals surface area contributed by atoms with Crippen molar-refractivity contribution in [1.29, 1.82) is 0 Å². The second-order valence-electron chi connectivity index (χ2n) is 14.9. The van der Waals surface area contributed by atoms with Gasteiger partial charge < -0.3 is 37.1 Å². The van der Waals surface area contributed by atoms with Gasteiger partial charge in [0.05, 0.1) is 48.4 Å². The van der Waals surface area contributed by atoms with Gasteiger partial charge in [-0.15, -0.1) is 10.2 Å². The molecular formula is C47H52Cl2N12O5. The van der Waals surface area contributed by atoms with E-state index in [9.17, 15) is 9.59 Å². The van der Waals surface area contributed by atoms with E-state index >= 15 is 0 Å². The number of anilines is 2. The molecule has 6 aromatic heterocycles. The highest BCUT2D eigenvalue weighted by atomic mass is 35.5. The molecule has 0 saturated carbocycles. The minimum atomic E-state index is -1.07. The van der Waals surface area contributed by atoms with Crippen LogP contribution in [-0.4, -0.2) is 70.7 Å². The molecule has 0 fully saturated rings. The Morgan fingerprint density at radius 2 is 1.15 bits per heavy atom. The number of carboxylic acid groups (broad SMARTS) is 1. The molecule has 66 heavy (non-hydrogen) atoms. The van der Waals surface area contributed by atoms with Crippen LogP contribution >= 0.6 is 23.2 Å². The van der Waals surface area contributed by atoms with Crippen LogP contribution < -0.4 is 32.0 Å². The van der Waals surface area contributed by atoms with Gasteiger partial charge in [0.15, 0.2) is 0 Å². The molecule has 6 heterocycles. The van der Waals surface area contributed by atoms with Gasteiger partial charge in [-0.2, -0.15) is 0 Å². The molecule has 17 nitrogen and oxygen atoms in total. The number of nitrogens with two attached hydrogens (primary N) is 3. The number of fused-ring (bicyclic) bond motifs is 2. The van der Waals surface area contributed by atoms with Crippen LogP contribution in [0.2, 0.25) is 10.0 Å². The molecule has 344 valence electrons. The molecule has 0 aliphatic carbocycles. The molecular weight excluding hydrogens is 884 g/mol. The van der Waals surface area contributed by atoms with Gasteiger partial charge in [0.2, 0.25) is 11.8 Å². The predicted molar refractivity (Wildman–Crippen MR) is 258 cm³/mol. The quantitative estimate of drug-likeness (QED) is 0.0828. The maximum absolute atomic E-state index is 12.9. The summed E-state index contributed by atoms with van der Waals surface area (Å²) in [4.78, 5) is 40.9. The largest absolute Gasteiger partial charge is 0.479 e. The number of nitrogen functional groups attached to an aromatic ring is 2. The summed E-state index contributed by atoms with van der Waals surface area (Å²) in [7, 11) is 2.88. The number of pyridine rings is 4. The summed E-state index contributed by atoms with van der Waals surface area (Å²) >= 11 is 12.0. The number of carbonyl (C=O) groups is 2. The van der Waals surface area contributed by atoms with Crippen molar-refractivity contribution in [2.45, 2.75) is 61.3 Å². The molecule has 0 bridgehead atoms. The van der Waals surface area contributed by atoms with Gasteiger partial charge in [0, 0.05) is 60.0 Å². The summed E-state index contributed by atoms with van der Waals surface area (Å²) in [5.74, 6) is 0.0349. The lowest BCUT2D eigenvalue weighted by Gasteiger charge is -2.11. The third kappa shape index (κ3) is 12.3. The van der Waals surface area contributed by atoms with E-state index in [0.29, 0.717) is 53.4 Å². The standard InChI is InChI=1S/C23H23ClN6O2.C15H12ClN3O3.C8H13N3.CH4/c1-13-6-21(25)28-14(2)18(13)10-27-22(31)19-12-30(29-23(19)32-3)11-15-4-5-20-16(7-15)8-17(24)9-26-20;1-22-14-12(15(20)21)8-19(18-14)7-9-2-3-13-10(4-9)5-11(16)6-17-13;1-5-3-8(10)11-6(2)7(5)4-9;/h4-9,12H,10-11H2,1-3H3,(H2,25,28)(H,27,31);2-6,8H,7H2,1H3,(H,20,21);3H,4,9H2,1-2H3,(H2,10,11);1H4. The Hall–Kier alpha value is -7.34. The Bertz CT molecular complexity index is 2980. The molecule has 0 saturated heterocycles. The van der Waals surface area contributed by atoms with E-state index in [1.54, 1.807) is 29.3 Å². The molecule has 0 radical (unpaired) electrons. The Morgan fingerprint density at radius 3 is 1.58 bits per heavy atom. The number of aromatic nitrogens is 8. The number of aryl methyl sites for hydroxylation is 4. The van der Waals surface area contributed by atoms with Crippen molar-refractivity contribution in [2.24, 2.45) is 5.73 Å². The number of benzene rings is 2. The normalized spacial score (nSPS) is 10.6.